The van der Waals surface area contributed by atoms with Gasteiger partial charge in [-0.2, -0.15) is 10.1 Å². The maximum absolute atomic E-state index is 5.96. The summed E-state index contributed by atoms with van der Waals surface area (Å²) in [5.74, 6) is 1.79. The highest BCUT2D eigenvalue weighted by atomic mass is 16.5. The predicted molar refractivity (Wildman–Crippen MR) is 134 cm³/mol. The zero-order valence-corrected chi connectivity index (χ0v) is 18.8. The van der Waals surface area contributed by atoms with Gasteiger partial charge in [0.1, 0.15) is 5.82 Å². The zero-order valence-electron chi connectivity index (χ0n) is 18.8. The lowest BCUT2D eigenvalue weighted by atomic mass is 10.1. The third-order valence-corrected chi connectivity index (χ3v) is 5.50. The normalized spacial score (nSPS) is 13.9. The van der Waals surface area contributed by atoms with Crippen LogP contribution in [-0.2, 0) is 11.2 Å². The summed E-state index contributed by atoms with van der Waals surface area (Å²) in [6, 6.07) is 22.1. The van der Waals surface area contributed by atoms with E-state index < -0.39 is 0 Å². The van der Waals surface area contributed by atoms with Gasteiger partial charge in [0.25, 0.3) is 0 Å². The Morgan fingerprint density at radius 2 is 1.82 bits per heavy atom. The predicted octanol–water partition coefficient (Wildman–Crippen LogP) is 3.93. The number of hydrazone groups is 1. The largest absolute Gasteiger partial charge is 0.477 e. The fourth-order valence-corrected chi connectivity index (χ4v) is 3.75. The van der Waals surface area contributed by atoms with Crippen molar-refractivity contribution in [1.29, 1.82) is 0 Å². The highest BCUT2D eigenvalue weighted by Gasteiger charge is 2.15. The molecule has 0 amide bonds. The van der Waals surface area contributed by atoms with Crippen LogP contribution >= 0.6 is 0 Å². The van der Waals surface area contributed by atoms with Crippen LogP contribution in [0.3, 0.4) is 0 Å². The first kappa shape index (κ1) is 21.8. The lowest BCUT2D eigenvalue weighted by molar-refractivity contribution is 0.122. The number of benzene rings is 2. The van der Waals surface area contributed by atoms with E-state index in [1.165, 1.54) is 5.39 Å². The Morgan fingerprint density at radius 1 is 0.971 bits per heavy atom. The molecule has 2 aromatic carbocycles. The van der Waals surface area contributed by atoms with Gasteiger partial charge in [-0.05, 0) is 35.0 Å². The Morgan fingerprint density at radius 3 is 2.68 bits per heavy atom. The van der Waals surface area contributed by atoms with Crippen LogP contribution in [-0.4, -0.2) is 54.1 Å². The van der Waals surface area contributed by atoms with Crippen LogP contribution in [0, 0.1) is 0 Å². The number of nitrogens with one attached hydrogen (secondary N) is 1. The Bertz CT molecular complexity index is 1260. The number of aromatic nitrogens is 3. The van der Waals surface area contributed by atoms with E-state index in [0.717, 1.165) is 35.7 Å². The molecule has 0 radical (unpaired) electrons. The van der Waals surface area contributed by atoms with E-state index in [1.807, 2.05) is 42.5 Å². The highest BCUT2D eigenvalue weighted by Crippen LogP contribution is 2.20. The Labute approximate surface area is 198 Å². The molecule has 5 rings (SSSR count). The van der Waals surface area contributed by atoms with Crippen molar-refractivity contribution in [3.63, 3.8) is 0 Å². The summed E-state index contributed by atoms with van der Waals surface area (Å²) >= 11 is 0. The summed E-state index contributed by atoms with van der Waals surface area (Å²) < 4.78 is 11.4. The van der Waals surface area contributed by atoms with Crippen LogP contribution in [0.5, 0.6) is 5.88 Å². The fraction of sp³-hybridized carbons (Fsp3) is 0.231. The molecule has 0 spiro atoms. The molecule has 2 aromatic heterocycles. The van der Waals surface area contributed by atoms with E-state index in [4.69, 9.17) is 9.47 Å². The zero-order chi connectivity index (χ0) is 23.0. The van der Waals surface area contributed by atoms with E-state index in [2.05, 4.69) is 54.6 Å². The first-order valence-electron chi connectivity index (χ1n) is 11.4. The van der Waals surface area contributed by atoms with Gasteiger partial charge in [-0.25, -0.2) is 4.98 Å². The molecule has 1 fully saturated rings. The van der Waals surface area contributed by atoms with Crippen LogP contribution in [0.15, 0.2) is 78.0 Å². The molecule has 0 unspecified atom stereocenters. The van der Waals surface area contributed by atoms with Gasteiger partial charge in [-0.1, -0.05) is 36.4 Å². The van der Waals surface area contributed by atoms with Crippen molar-refractivity contribution in [2.24, 2.45) is 5.10 Å². The molecule has 0 aliphatic carbocycles. The fourth-order valence-electron chi connectivity index (χ4n) is 3.75. The van der Waals surface area contributed by atoms with Crippen LogP contribution in [0.2, 0.25) is 0 Å². The van der Waals surface area contributed by atoms with Gasteiger partial charge in [0, 0.05) is 37.5 Å². The van der Waals surface area contributed by atoms with E-state index >= 15 is 0 Å². The quantitative estimate of drug-likeness (QED) is 0.319. The first-order valence-corrected chi connectivity index (χ1v) is 11.4. The highest BCUT2D eigenvalue weighted by molar-refractivity contribution is 5.86. The van der Waals surface area contributed by atoms with Crippen LogP contribution in [0.1, 0.15) is 11.5 Å². The van der Waals surface area contributed by atoms with Gasteiger partial charge in [0.15, 0.2) is 5.82 Å². The van der Waals surface area contributed by atoms with Crippen molar-refractivity contribution in [1.82, 2.24) is 15.0 Å². The molecular weight excluding hydrogens is 428 g/mol. The second-order valence-electron chi connectivity index (χ2n) is 7.87. The minimum Gasteiger partial charge on any atom is -0.477 e. The first-order chi connectivity index (χ1) is 16.8. The molecule has 8 heteroatoms. The minimum absolute atomic E-state index is 0.475. The topological polar surface area (TPSA) is 84.8 Å². The number of hydrogen-bond acceptors (Lipinski definition) is 8. The van der Waals surface area contributed by atoms with Crippen molar-refractivity contribution in [2.45, 2.75) is 6.42 Å². The molecule has 1 saturated heterocycles. The third kappa shape index (κ3) is 5.65. The molecule has 1 N–H and O–H groups in total. The van der Waals surface area contributed by atoms with Crippen molar-refractivity contribution < 1.29 is 9.47 Å². The maximum atomic E-state index is 5.96. The lowest BCUT2D eigenvalue weighted by Crippen LogP contribution is -2.37. The Balaban J connectivity index is 1.31. The summed E-state index contributed by atoms with van der Waals surface area (Å²) in [6.45, 7) is 3.37. The molecular formula is C26H26N6O2. The summed E-state index contributed by atoms with van der Waals surface area (Å²) in [4.78, 5) is 15.7. The molecule has 8 nitrogen and oxygen atoms in total. The second-order valence-corrected chi connectivity index (χ2v) is 7.87. The van der Waals surface area contributed by atoms with Gasteiger partial charge in [0.2, 0.25) is 5.88 Å². The average molecular weight is 455 g/mol. The molecule has 34 heavy (non-hydrogen) atoms. The molecule has 1 aliphatic rings. The molecule has 0 bridgehead atoms. The second kappa shape index (κ2) is 10.7. The summed E-state index contributed by atoms with van der Waals surface area (Å²) in [7, 11) is 0. The van der Waals surface area contributed by atoms with Gasteiger partial charge in [-0.15, -0.1) is 0 Å². The van der Waals surface area contributed by atoms with E-state index in [9.17, 15) is 0 Å². The number of ether oxygens (including phenoxy) is 2. The minimum atomic E-state index is 0.475. The SMILES string of the molecule is C(=NNc1ccc2ccccc2c1)c1nc(OCCc2ccccn2)cc(N2CCOCC2)n1. The average Bonchev–Trinajstić information content (AvgIpc) is 2.90. The van der Waals surface area contributed by atoms with Gasteiger partial charge < -0.3 is 14.4 Å². The Kier molecular flexibility index (Phi) is 6.87. The van der Waals surface area contributed by atoms with Crippen LogP contribution in [0.25, 0.3) is 10.8 Å². The smallest absolute Gasteiger partial charge is 0.219 e. The maximum Gasteiger partial charge on any atom is 0.219 e. The Hall–Kier alpha value is -4.04. The number of rotatable bonds is 8. The molecule has 1 aliphatic heterocycles. The van der Waals surface area contributed by atoms with Gasteiger partial charge >= 0.3 is 0 Å². The van der Waals surface area contributed by atoms with Crippen molar-refractivity contribution in [3.8, 4) is 5.88 Å². The van der Waals surface area contributed by atoms with Crippen molar-refractivity contribution in [2.75, 3.05) is 43.2 Å². The summed E-state index contributed by atoms with van der Waals surface area (Å²) in [6.07, 6.45) is 4.10. The molecule has 0 atom stereocenters. The van der Waals surface area contributed by atoms with E-state index in [-0.39, 0.29) is 0 Å². The van der Waals surface area contributed by atoms with Gasteiger partial charge in [-0.3, -0.25) is 10.4 Å². The number of nitrogens with zero attached hydrogens (tertiary/aromatic N) is 5. The standard InChI is InChI=1S/C26H26N6O2/c1-2-6-21-17-23(9-8-20(21)5-1)31-28-19-24-29-25(32-12-15-33-16-13-32)18-26(30-24)34-14-10-22-7-3-4-11-27-22/h1-9,11,17-19,31H,10,12-16H2. The number of anilines is 2. The molecule has 3 heterocycles. The van der Waals surface area contributed by atoms with Gasteiger partial charge in [0.05, 0.1) is 31.7 Å². The molecule has 0 saturated carbocycles. The van der Waals surface area contributed by atoms with E-state index in [0.29, 0.717) is 37.9 Å². The number of pyridine rings is 1. The third-order valence-electron chi connectivity index (χ3n) is 5.50. The van der Waals surface area contributed by atoms with E-state index in [1.54, 1.807) is 12.4 Å². The summed E-state index contributed by atoms with van der Waals surface area (Å²) in [5, 5.41) is 6.70. The summed E-state index contributed by atoms with van der Waals surface area (Å²) in [5.41, 5.74) is 4.95. The van der Waals surface area contributed by atoms with Crippen molar-refractivity contribution in [3.05, 3.63) is 84.4 Å². The molecule has 4 aromatic rings. The number of fused-ring (bicyclic) bond motifs is 1. The number of hydrogen-bond donors (Lipinski definition) is 1. The number of morpholine rings is 1. The van der Waals surface area contributed by atoms with Crippen molar-refractivity contribution >= 4 is 28.5 Å². The monoisotopic (exact) mass is 454 g/mol. The van der Waals surface area contributed by atoms with Crippen LogP contribution < -0.4 is 15.1 Å². The molecule has 172 valence electrons. The lowest BCUT2D eigenvalue weighted by Gasteiger charge is -2.28. The van der Waals surface area contributed by atoms with Crippen LogP contribution in [0.4, 0.5) is 11.5 Å².